The highest BCUT2D eigenvalue weighted by Crippen LogP contribution is 2.35. The molecule has 0 aliphatic carbocycles. The number of carbonyl (C=O) groups excluding carboxylic acids is 3. The number of nitrogens with zero attached hydrogens (tertiary/aromatic N) is 4. The topological polar surface area (TPSA) is 87.5 Å². The maximum Gasteiger partial charge on any atom is 0.325 e. The molecule has 8 heteroatoms. The van der Waals surface area contributed by atoms with Crippen LogP contribution < -0.4 is 5.32 Å². The number of nitrogens with one attached hydrogen (secondary N) is 1. The van der Waals surface area contributed by atoms with Crippen molar-refractivity contribution in [3.63, 3.8) is 0 Å². The number of aryl methyl sites for hydroxylation is 2. The van der Waals surface area contributed by atoms with Crippen LogP contribution in [0.25, 0.3) is 0 Å². The van der Waals surface area contributed by atoms with E-state index in [9.17, 15) is 14.4 Å². The fourth-order valence-corrected chi connectivity index (χ4v) is 3.83. The molecule has 2 aliphatic rings. The highest BCUT2D eigenvalue weighted by molar-refractivity contribution is 6.08. The highest BCUT2D eigenvalue weighted by Gasteiger charge is 2.46. The Hall–Kier alpha value is -2.38. The van der Waals surface area contributed by atoms with Gasteiger partial charge in [0.1, 0.15) is 12.1 Å². The number of amides is 4. The van der Waals surface area contributed by atoms with Crippen molar-refractivity contribution in [3.8, 4) is 0 Å². The van der Waals surface area contributed by atoms with Gasteiger partial charge in [-0.15, -0.1) is 0 Å². The molecule has 0 aromatic carbocycles. The molecule has 25 heavy (non-hydrogen) atoms. The van der Waals surface area contributed by atoms with E-state index in [1.165, 1.54) is 0 Å². The van der Waals surface area contributed by atoms with Crippen molar-refractivity contribution in [3.05, 3.63) is 17.0 Å². The molecule has 2 aliphatic heterocycles. The van der Waals surface area contributed by atoms with Gasteiger partial charge in [0.2, 0.25) is 5.91 Å². The average Bonchev–Trinajstić information content (AvgIpc) is 3.13. The Bertz CT molecular complexity index is 752. The SMILES string of the molecule is Cc1nn(C)c(C)c1[C@H]1CCCN1C(=O)CN1C(=O)NC(C)(C)C1=O. The summed E-state index contributed by atoms with van der Waals surface area (Å²) >= 11 is 0. The molecule has 0 bridgehead atoms. The van der Waals surface area contributed by atoms with Crippen LogP contribution in [0, 0.1) is 13.8 Å². The molecule has 1 atom stereocenters. The summed E-state index contributed by atoms with van der Waals surface area (Å²) < 4.78 is 1.83. The lowest BCUT2D eigenvalue weighted by atomic mass is 10.0. The van der Waals surface area contributed by atoms with Crippen LogP contribution in [0.2, 0.25) is 0 Å². The van der Waals surface area contributed by atoms with Crippen LogP contribution in [-0.4, -0.2) is 56.1 Å². The normalized spacial score (nSPS) is 22.7. The largest absolute Gasteiger partial charge is 0.334 e. The molecular weight excluding hydrogens is 322 g/mol. The molecule has 0 radical (unpaired) electrons. The molecule has 136 valence electrons. The molecule has 1 aromatic rings. The molecule has 2 saturated heterocycles. The van der Waals surface area contributed by atoms with Gasteiger partial charge in [-0.3, -0.25) is 19.2 Å². The molecule has 0 unspecified atom stereocenters. The van der Waals surface area contributed by atoms with Crippen molar-refractivity contribution >= 4 is 17.8 Å². The summed E-state index contributed by atoms with van der Waals surface area (Å²) in [4.78, 5) is 40.0. The second-order valence-corrected chi connectivity index (χ2v) is 7.40. The lowest BCUT2D eigenvalue weighted by Crippen LogP contribution is -2.44. The standard InChI is InChI=1S/C17H25N5O3/c1-10-14(11(2)20(5)19-10)12-7-6-8-21(12)13(23)9-22-15(24)17(3,4)18-16(22)25/h12H,6-9H2,1-5H3,(H,18,25)/t12-/m1/s1. The van der Waals surface area contributed by atoms with Gasteiger partial charge in [0.15, 0.2) is 0 Å². The minimum absolute atomic E-state index is 0.0463. The predicted molar refractivity (Wildman–Crippen MR) is 90.7 cm³/mol. The molecule has 3 rings (SSSR count). The fourth-order valence-electron chi connectivity index (χ4n) is 3.83. The van der Waals surface area contributed by atoms with Crippen LogP contribution in [-0.2, 0) is 16.6 Å². The second-order valence-electron chi connectivity index (χ2n) is 7.40. The number of rotatable bonds is 3. The van der Waals surface area contributed by atoms with E-state index in [1.54, 1.807) is 18.7 Å². The minimum atomic E-state index is -0.960. The van der Waals surface area contributed by atoms with Crippen LogP contribution in [0.1, 0.15) is 49.7 Å². The van der Waals surface area contributed by atoms with Gasteiger partial charge < -0.3 is 10.2 Å². The lowest BCUT2D eigenvalue weighted by molar-refractivity contribution is -0.139. The molecular formula is C17H25N5O3. The van der Waals surface area contributed by atoms with E-state index in [0.29, 0.717) is 6.54 Å². The number of carbonyl (C=O) groups is 3. The molecule has 1 N–H and O–H groups in total. The zero-order chi connectivity index (χ0) is 18.5. The van der Waals surface area contributed by atoms with Gasteiger partial charge in [0.05, 0.1) is 11.7 Å². The van der Waals surface area contributed by atoms with E-state index >= 15 is 0 Å². The van der Waals surface area contributed by atoms with Gasteiger partial charge in [0, 0.05) is 24.8 Å². The van der Waals surface area contributed by atoms with Crippen molar-refractivity contribution in [2.24, 2.45) is 7.05 Å². The van der Waals surface area contributed by atoms with Crippen LogP contribution in [0.3, 0.4) is 0 Å². The Morgan fingerprint density at radius 1 is 1.32 bits per heavy atom. The van der Waals surface area contributed by atoms with Gasteiger partial charge in [-0.1, -0.05) is 0 Å². The van der Waals surface area contributed by atoms with Crippen molar-refractivity contribution < 1.29 is 14.4 Å². The van der Waals surface area contributed by atoms with Crippen LogP contribution in [0.4, 0.5) is 4.79 Å². The summed E-state index contributed by atoms with van der Waals surface area (Å²) in [6.45, 7) is 7.63. The van der Waals surface area contributed by atoms with E-state index in [4.69, 9.17) is 0 Å². The Kier molecular flexibility index (Phi) is 4.09. The van der Waals surface area contributed by atoms with E-state index in [2.05, 4.69) is 10.4 Å². The first-order valence-electron chi connectivity index (χ1n) is 8.57. The summed E-state index contributed by atoms with van der Waals surface area (Å²) in [5.41, 5.74) is 2.07. The third-order valence-corrected chi connectivity index (χ3v) is 5.21. The van der Waals surface area contributed by atoms with Crippen molar-refractivity contribution in [2.75, 3.05) is 13.1 Å². The maximum atomic E-state index is 12.8. The van der Waals surface area contributed by atoms with Gasteiger partial charge >= 0.3 is 6.03 Å². The first-order chi connectivity index (χ1) is 11.6. The first kappa shape index (κ1) is 17.4. The molecule has 2 fully saturated rings. The molecule has 3 heterocycles. The number of hydrogen-bond acceptors (Lipinski definition) is 4. The Balaban J connectivity index is 1.80. The Morgan fingerprint density at radius 3 is 2.52 bits per heavy atom. The molecule has 8 nitrogen and oxygen atoms in total. The quantitative estimate of drug-likeness (QED) is 0.827. The summed E-state index contributed by atoms with van der Waals surface area (Å²) in [6, 6.07) is -0.553. The third kappa shape index (κ3) is 2.79. The van der Waals surface area contributed by atoms with E-state index in [0.717, 1.165) is 34.7 Å². The molecule has 4 amide bonds. The summed E-state index contributed by atoms with van der Waals surface area (Å²) in [5, 5.41) is 7.05. The van der Waals surface area contributed by atoms with Crippen LogP contribution in [0.15, 0.2) is 0 Å². The van der Waals surface area contributed by atoms with Crippen molar-refractivity contribution in [1.82, 2.24) is 24.9 Å². The molecule has 0 saturated carbocycles. The number of imide groups is 1. The monoisotopic (exact) mass is 347 g/mol. The third-order valence-electron chi connectivity index (χ3n) is 5.21. The Labute approximate surface area is 147 Å². The number of likely N-dealkylation sites (tertiary alicyclic amines) is 1. The Morgan fingerprint density at radius 2 is 2.00 bits per heavy atom. The van der Waals surface area contributed by atoms with Crippen molar-refractivity contribution in [2.45, 2.75) is 52.1 Å². The average molecular weight is 347 g/mol. The van der Waals surface area contributed by atoms with E-state index in [1.807, 2.05) is 25.6 Å². The number of hydrogen-bond donors (Lipinski definition) is 1. The number of urea groups is 1. The second kappa shape index (κ2) is 5.86. The van der Waals surface area contributed by atoms with Gasteiger partial charge in [0.25, 0.3) is 5.91 Å². The first-order valence-corrected chi connectivity index (χ1v) is 8.57. The van der Waals surface area contributed by atoms with Gasteiger partial charge in [-0.2, -0.15) is 5.10 Å². The van der Waals surface area contributed by atoms with E-state index < -0.39 is 11.6 Å². The smallest absolute Gasteiger partial charge is 0.325 e. The van der Waals surface area contributed by atoms with Gasteiger partial charge in [-0.25, -0.2) is 4.79 Å². The van der Waals surface area contributed by atoms with Crippen LogP contribution >= 0.6 is 0 Å². The lowest BCUT2D eigenvalue weighted by Gasteiger charge is -2.27. The summed E-state index contributed by atoms with van der Waals surface area (Å²) in [5.74, 6) is -0.568. The summed E-state index contributed by atoms with van der Waals surface area (Å²) in [6.07, 6.45) is 1.76. The molecule has 0 spiro atoms. The predicted octanol–water partition coefficient (Wildman–Crippen LogP) is 1.03. The van der Waals surface area contributed by atoms with Gasteiger partial charge in [-0.05, 0) is 40.5 Å². The maximum absolute atomic E-state index is 12.8. The zero-order valence-corrected chi connectivity index (χ0v) is 15.4. The summed E-state index contributed by atoms with van der Waals surface area (Å²) in [7, 11) is 1.89. The van der Waals surface area contributed by atoms with E-state index in [-0.39, 0.29) is 24.4 Å². The number of aromatic nitrogens is 2. The molecule has 1 aromatic heterocycles. The fraction of sp³-hybridized carbons (Fsp3) is 0.647. The minimum Gasteiger partial charge on any atom is -0.334 e. The van der Waals surface area contributed by atoms with Crippen molar-refractivity contribution in [1.29, 1.82) is 0 Å². The zero-order valence-electron chi connectivity index (χ0n) is 15.4. The van der Waals surface area contributed by atoms with Crippen LogP contribution in [0.5, 0.6) is 0 Å². The highest BCUT2D eigenvalue weighted by atomic mass is 16.2.